The smallest absolute Gasteiger partial charge is 0.338 e. The number of ether oxygens (including phenoxy) is 1. The Bertz CT molecular complexity index is 1340. The molecule has 1 aromatic heterocycles. The fourth-order valence-electron chi connectivity index (χ4n) is 3.98. The number of rotatable bonds is 5. The summed E-state index contributed by atoms with van der Waals surface area (Å²) in [4.78, 5) is 29.2. The molecule has 0 spiro atoms. The predicted molar refractivity (Wildman–Crippen MR) is 126 cm³/mol. The number of nitrogens with zero attached hydrogens (tertiary/aromatic N) is 3. The standard InChI is InChI=1S/C27H21N3O3/c31-26(18-33-27(32)21-12-14-28-15-13-21)30-25(20-7-2-1-3-8-20)17-24(29-30)23-11-10-19-6-4-5-9-22(19)16-23/h1-16,25H,17-18H2. The van der Waals surface area contributed by atoms with Gasteiger partial charge in [0.15, 0.2) is 6.61 Å². The van der Waals surface area contributed by atoms with Crippen LogP contribution in [0.1, 0.15) is 33.9 Å². The van der Waals surface area contributed by atoms with E-state index in [0.717, 1.165) is 27.6 Å². The highest BCUT2D eigenvalue weighted by Crippen LogP contribution is 2.33. The fourth-order valence-corrected chi connectivity index (χ4v) is 3.98. The van der Waals surface area contributed by atoms with Crippen molar-refractivity contribution in [3.05, 3.63) is 114 Å². The number of hydrogen-bond acceptors (Lipinski definition) is 5. The number of benzene rings is 3. The normalized spacial score (nSPS) is 15.3. The van der Waals surface area contributed by atoms with Gasteiger partial charge in [0.25, 0.3) is 5.91 Å². The molecule has 0 aliphatic carbocycles. The molecule has 1 aliphatic rings. The van der Waals surface area contributed by atoms with E-state index in [0.29, 0.717) is 12.0 Å². The van der Waals surface area contributed by atoms with Crippen molar-refractivity contribution in [3.63, 3.8) is 0 Å². The van der Waals surface area contributed by atoms with Crippen LogP contribution in [0.4, 0.5) is 0 Å². The first kappa shape index (κ1) is 20.6. The molecule has 162 valence electrons. The van der Waals surface area contributed by atoms with E-state index < -0.39 is 5.97 Å². The second-order valence-corrected chi connectivity index (χ2v) is 7.79. The van der Waals surface area contributed by atoms with Gasteiger partial charge < -0.3 is 4.74 Å². The molecule has 0 N–H and O–H groups in total. The van der Waals surface area contributed by atoms with Gasteiger partial charge in [-0.05, 0) is 40.1 Å². The first-order valence-corrected chi connectivity index (χ1v) is 10.7. The Morgan fingerprint density at radius 2 is 1.61 bits per heavy atom. The topological polar surface area (TPSA) is 71.9 Å². The third-order valence-corrected chi connectivity index (χ3v) is 5.68. The predicted octanol–water partition coefficient (Wildman–Crippen LogP) is 4.77. The van der Waals surface area contributed by atoms with E-state index in [4.69, 9.17) is 4.74 Å². The lowest BCUT2D eigenvalue weighted by Gasteiger charge is -2.21. The van der Waals surface area contributed by atoms with Gasteiger partial charge in [-0.2, -0.15) is 5.10 Å². The van der Waals surface area contributed by atoms with Crippen molar-refractivity contribution in [2.75, 3.05) is 6.61 Å². The molecule has 1 aliphatic heterocycles. The zero-order valence-electron chi connectivity index (χ0n) is 17.8. The maximum atomic E-state index is 13.1. The third kappa shape index (κ3) is 4.36. The Balaban J connectivity index is 1.40. The van der Waals surface area contributed by atoms with Gasteiger partial charge in [-0.1, -0.05) is 66.7 Å². The Labute approximate surface area is 191 Å². The van der Waals surface area contributed by atoms with E-state index in [-0.39, 0.29) is 18.6 Å². The minimum absolute atomic E-state index is 0.264. The summed E-state index contributed by atoms with van der Waals surface area (Å²) in [6.45, 7) is -0.390. The van der Waals surface area contributed by atoms with Crippen LogP contribution in [-0.4, -0.2) is 34.2 Å². The monoisotopic (exact) mass is 435 g/mol. The highest BCUT2D eigenvalue weighted by Gasteiger charge is 2.33. The number of esters is 1. The minimum atomic E-state index is -0.569. The average Bonchev–Trinajstić information content (AvgIpc) is 3.33. The van der Waals surface area contributed by atoms with Gasteiger partial charge >= 0.3 is 5.97 Å². The number of carbonyl (C=O) groups excluding carboxylic acids is 2. The van der Waals surface area contributed by atoms with Gasteiger partial charge in [-0.25, -0.2) is 9.80 Å². The van der Waals surface area contributed by atoms with Crippen LogP contribution in [0.25, 0.3) is 10.8 Å². The largest absolute Gasteiger partial charge is 0.452 e. The van der Waals surface area contributed by atoms with Gasteiger partial charge in [0, 0.05) is 18.8 Å². The summed E-state index contributed by atoms with van der Waals surface area (Å²) in [5, 5.41) is 8.38. The van der Waals surface area contributed by atoms with Crippen molar-refractivity contribution in [3.8, 4) is 0 Å². The van der Waals surface area contributed by atoms with Crippen molar-refractivity contribution in [1.29, 1.82) is 0 Å². The molecule has 6 nitrogen and oxygen atoms in total. The van der Waals surface area contributed by atoms with Crippen LogP contribution in [0.5, 0.6) is 0 Å². The molecule has 1 unspecified atom stereocenters. The van der Waals surface area contributed by atoms with Gasteiger partial charge in [0.2, 0.25) is 0 Å². The van der Waals surface area contributed by atoms with Crippen LogP contribution in [-0.2, 0) is 9.53 Å². The number of hydrazone groups is 1. The van der Waals surface area contributed by atoms with Crippen molar-refractivity contribution in [2.45, 2.75) is 12.5 Å². The van der Waals surface area contributed by atoms with Gasteiger partial charge in [-0.3, -0.25) is 9.78 Å². The minimum Gasteiger partial charge on any atom is -0.452 e. The molecule has 0 radical (unpaired) electrons. The van der Waals surface area contributed by atoms with E-state index in [1.165, 1.54) is 17.4 Å². The quantitative estimate of drug-likeness (QED) is 0.424. The lowest BCUT2D eigenvalue weighted by atomic mass is 9.97. The third-order valence-electron chi connectivity index (χ3n) is 5.68. The van der Waals surface area contributed by atoms with Crippen LogP contribution in [0.3, 0.4) is 0 Å². The van der Waals surface area contributed by atoms with Crippen molar-refractivity contribution in [1.82, 2.24) is 9.99 Å². The number of amides is 1. The molecule has 0 saturated heterocycles. The van der Waals surface area contributed by atoms with E-state index in [2.05, 4.69) is 34.4 Å². The molecule has 1 atom stereocenters. The Morgan fingerprint density at radius 1 is 0.879 bits per heavy atom. The molecule has 2 heterocycles. The van der Waals surface area contributed by atoms with Crippen LogP contribution in [0, 0.1) is 0 Å². The Kier molecular flexibility index (Phi) is 5.64. The first-order valence-electron chi connectivity index (χ1n) is 10.7. The molecule has 0 fully saturated rings. The lowest BCUT2D eigenvalue weighted by Crippen LogP contribution is -2.31. The van der Waals surface area contributed by atoms with E-state index >= 15 is 0 Å². The Morgan fingerprint density at radius 3 is 2.39 bits per heavy atom. The summed E-state index contributed by atoms with van der Waals surface area (Å²) in [6.07, 6.45) is 3.58. The molecule has 1 amide bonds. The van der Waals surface area contributed by atoms with Crippen LogP contribution < -0.4 is 0 Å². The molecular formula is C27H21N3O3. The van der Waals surface area contributed by atoms with Crippen molar-refractivity contribution < 1.29 is 14.3 Å². The summed E-state index contributed by atoms with van der Waals surface area (Å²) in [5.41, 5.74) is 3.12. The zero-order valence-corrected chi connectivity index (χ0v) is 17.8. The lowest BCUT2D eigenvalue weighted by molar-refractivity contribution is -0.136. The fraction of sp³-hybridized carbons (Fsp3) is 0.111. The molecule has 0 bridgehead atoms. The first-order chi connectivity index (χ1) is 16.2. The zero-order chi connectivity index (χ0) is 22.6. The second-order valence-electron chi connectivity index (χ2n) is 7.79. The molecular weight excluding hydrogens is 414 g/mol. The van der Waals surface area contributed by atoms with Gasteiger partial charge in [0.1, 0.15) is 0 Å². The number of pyridine rings is 1. The van der Waals surface area contributed by atoms with E-state index in [1.807, 2.05) is 48.5 Å². The summed E-state index contributed by atoms with van der Waals surface area (Å²) in [5.74, 6) is -0.943. The number of carbonyl (C=O) groups is 2. The highest BCUT2D eigenvalue weighted by molar-refractivity contribution is 6.05. The Hall–Kier alpha value is -4.32. The number of hydrogen-bond donors (Lipinski definition) is 0. The van der Waals surface area contributed by atoms with Crippen LogP contribution in [0.2, 0.25) is 0 Å². The molecule has 0 saturated carbocycles. The van der Waals surface area contributed by atoms with Crippen LogP contribution >= 0.6 is 0 Å². The summed E-state index contributed by atoms with van der Waals surface area (Å²) in [7, 11) is 0. The van der Waals surface area contributed by atoms with Crippen molar-refractivity contribution >= 4 is 28.4 Å². The van der Waals surface area contributed by atoms with Crippen molar-refractivity contribution in [2.24, 2.45) is 5.10 Å². The second kappa shape index (κ2) is 9.04. The summed E-state index contributed by atoms with van der Waals surface area (Å²) in [6, 6.07) is 26.9. The number of fused-ring (bicyclic) bond motifs is 1. The van der Waals surface area contributed by atoms with E-state index in [1.54, 1.807) is 12.1 Å². The molecule has 4 aromatic rings. The molecule has 5 rings (SSSR count). The molecule has 6 heteroatoms. The maximum Gasteiger partial charge on any atom is 0.338 e. The molecule has 3 aromatic carbocycles. The van der Waals surface area contributed by atoms with Gasteiger partial charge in [0.05, 0.1) is 17.3 Å². The highest BCUT2D eigenvalue weighted by atomic mass is 16.5. The maximum absolute atomic E-state index is 13.1. The number of aromatic nitrogens is 1. The average molecular weight is 435 g/mol. The SMILES string of the molecule is O=C(OCC(=O)N1N=C(c2ccc3ccccc3c2)CC1c1ccccc1)c1ccncc1. The summed E-state index contributed by atoms with van der Waals surface area (Å²) >= 11 is 0. The van der Waals surface area contributed by atoms with E-state index in [9.17, 15) is 9.59 Å². The summed E-state index contributed by atoms with van der Waals surface area (Å²) < 4.78 is 5.26. The van der Waals surface area contributed by atoms with Crippen LogP contribution in [0.15, 0.2) is 102 Å². The van der Waals surface area contributed by atoms with Gasteiger partial charge in [-0.15, -0.1) is 0 Å². The molecule has 33 heavy (non-hydrogen) atoms.